The Balaban J connectivity index is 1.69. The summed E-state index contributed by atoms with van der Waals surface area (Å²) in [4.78, 5) is 33.2. The molecule has 0 radical (unpaired) electrons. The largest absolute Gasteiger partial charge is 0.336 e. The molecule has 3 aromatic rings. The van der Waals surface area contributed by atoms with E-state index >= 15 is 0 Å². The normalized spacial score (nSPS) is 22.9. The van der Waals surface area contributed by atoms with Gasteiger partial charge in [-0.25, -0.2) is 4.98 Å². The molecule has 8 nitrogen and oxygen atoms in total. The summed E-state index contributed by atoms with van der Waals surface area (Å²) in [6, 6.07) is 7.23. The van der Waals surface area contributed by atoms with E-state index in [9.17, 15) is 9.59 Å². The molecule has 29 heavy (non-hydrogen) atoms. The van der Waals surface area contributed by atoms with Crippen LogP contribution in [-0.4, -0.2) is 42.6 Å². The van der Waals surface area contributed by atoms with Crippen molar-refractivity contribution in [3.05, 3.63) is 65.5 Å². The molecule has 148 valence electrons. The van der Waals surface area contributed by atoms with Crippen LogP contribution in [0.5, 0.6) is 0 Å². The number of carbonyl (C=O) groups is 2. The molecular formula is C21H22N6O2. The minimum absolute atomic E-state index is 0.0788. The SMILES string of the molecule is Cc1nn(C)cc1C(=O)N1CC[C@]2(C(=O)Nc3ccccc32)[C@@H]1c1nccn1C. The Morgan fingerprint density at radius 3 is 2.76 bits per heavy atom. The number of carbonyl (C=O) groups excluding carboxylic acids is 2. The Morgan fingerprint density at radius 1 is 1.28 bits per heavy atom. The van der Waals surface area contributed by atoms with Gasteiger partial charge in [-0.3, -0.25) is 14.3 Å². The van der Waals surface area contributed by atoms with Gasteiger partial charge in [-0.05, 0) is 25.0 Å². The van der Waals surface area contributed by atoms with Gasteiger partial charge in [0.05, 0.1) is 11.3 Å². The maximum atomic E-state index is 13.6. The zero-order chi connectivity index (χ0) is 20.3. The van der Waals surface area contributed by atoms with Crippen molar-refractivity contribution in [2.45, 2.75) is 24.8 Å². The second-order valence-electron chi connectivity index (χ2n) is 7.82. The van der Waals surface area contributed by atoms with Gasteiger partial charge in [0.25, 0.3) is 5.91 Å². The lowest BCUT2D eigenvalue weighted by atomic mass is 9.74. The van der Waals surface area contributed by atoms with Gasteiger partial charge < -0.3 is 14.8 Å². The molecule has 0 aliphatic carbocycles. The van der Waals surface area contributed by atoms with E-state index in [1.165, 1.54) is 0 Å². The van der Waals surface area contributed by atoms with Gasteiger partial charge in [0.2, 0.25) is 5.91 Å². The lowest BCUT2D eigenvalue weighted by Gasteiger charge is -2.33. The summed E-state index contributed by atoms with van der Waals surface area (Å²) in [7, 11) is 3.69. The fraction of sp³-hybridized carbons (Fsp3) is 0.333. The number of fused-ring (bicyclic) bond motifs is 2. The van der Waals surface area contributed by atoms with Crippen LogP contribution < -0.4 is 5.32 Å². The van der Waals surface area contributed by atoms with Crippen molar-refractivity contribution < 1.29 is 9.59 Å². The highest BCUT2D eigenvalue weighted by atomic mass is 16.2. The van der Waals surface area contributed by atoms with E-state index in [4.69, 9.17) is 0 Å². The maximum absolute atomic E-state index is 13.6. The molecule has 5 rings (SSSR count). The number of aromatic nitrogens is 4. The first-order chi connectivity index (χ1) is 13.9. The van der Waals surface area contributed by atoms with Gasteiger partial charge in [-0.2, -0.15) is 5.10 Å². The first-order valence-electron chi connectivity index (χ1n) is 9.63. The van der Waals surface area contributed by atoms with Crippen LogP contribution in [0.2, 0.25) is 0 Å². The predicted octanol–water partition coefficient (Wildman–Crippen LogP) is 1.94. The van der Waals surface area contributed by atoms with Crippen LogP contribution >= 0.6 is 0 Å². The minimum atomic E-state index is -0.860. The maximum Gasteiger partial charge on any atom is 0.257 e. The number of benzene rings is 1. The van der Waals surface area contributed by atoms with E-state index in [1.54, 1.807) is 29.0 Å². The Hall–Kier alpha value is -3.42. The lowest BCUT2D eigenvalue weighted by Crippen LogP contribution is -2.43. The Bertz CT molecular complexity index is 1150. The van der Waals surface area contributed by atoms with Gasteiger partial charge in [0.1, 0.15) is 17.3 Å². The number of likely N-dealkylation sites (tertiary alicyclic amines) is 1. The summed E-state index contributed by atoms with van der Waals surface area (Å²) in [5, 5.41) is 7.34. The number of imidazole rings is 1. The van der Waals surface area contributed by atoms with Crippen molar-refractivity contribution >= 4 is 17.5 Å². The molecule has 2 atom stereocenters. The second-order valence-corrected chi connectivity index (χ2v) is 7.82. The average Bonchev–Trinajstić information content (AvgIpc) is 3.43. The quantitative estimate of drug-likeness (QED) is 0.725. The van der Waals surface area contributed by atoms with Crippen LogP contribution in [0.1, 0.15) is 39.9 Å². The van der Waals surface area contributed by atoms with Gasteiger partial charge in [-0.1, -0.05) is 18.2 Å². The number of anilines is 1. The third-order valence-electron chi connectivity index (χ3n) is 6.19. The highest BCUT2D eigenvalue weighted by Gasteiger charge is 2.60. The van der Waals surface area contributed by atoms with E-state index < -0.39 is 11.5 Å². The van der Waals surface area contributed by atoms with Crippen molar-refractivity contribution in [2.75, 3.05) is 11.9 Å². The molecule has 0 unspecified atom stereocenters. The molecule has 2 aromatic heterocycles. The first kappa shape index (κ1) is 17.7. The van der Waals surface area contributed by atoms with Gasteiger partial charge >= 0.3 is 0 Å². The standard InChI is InChI=1S/C21H22N6O2/c1-13-14(12-26(3)24-13)19(28)27-10-8-21(17(27)18-22-9-11-25(18)2)15-6-4-5-7-16(15)23-20(21)29/h4-7,9,11-12,17H,8,10H2,1-3H3,(H,23,29)/t17-,21+/m0/s1. The van der Waals surface area contributed by atoms with Gasteiger partial charge in [0.15, 0.2) is 0 Å². The van der Waals surface area contributed by atoms with Crippen LogP contribution in [0.4, 0.5) is 5.69 Å². The second kappa shape index (κ2) is 6.04. The van der Waals surface area contributed by atoms with E-state index in [0.29, 0.717) is 30.0 Å². The summed E-state index contributed by atoms with van der Waals surface area (Å²) < 4.78 is 3.53. The molecule has 1 N–H and O–H groups in total. The van der Waals surface area contributed by atoms with E-state index in [2.05, 4.69) is 15.4 Å². The molecule has 1 aromatic carbocycles. The monoisotopic (exact) mass is 390 g/mol. The van der Waals surface area contributed by atoms with Crippen molar-refractivity contribution in [2.24, 2.45) is 14.1 Å². The summed E-state index contributed by atoms with van der Waals surface area (Å²) >= 11 is 0. The summed E-state index contributed by atoms with van der Waals surface area (Å²) in [5.41, 5.74) is 2.10. The molecule has 0 bridgehead atoms. The number of aryl methyl sites for hydroxylation is 3. The molecule has 0 saturated carbocycles. The van der Waals surface area contributed by atoms with Crippen LogP contribution in [-0.2, 0) is 24.3 Å². The number of rotatable bonds is 2. The van der Waals surface area contributed by atoms with Crippen molar-refractivity contribution in [1.82, 2.24) is 24.2 Å². The Labute approximate surface area is 168 Å². The van der Waals surface area contributed by atoms with Crippen LogP contribution in [0.15, 0.2) is 42.9 Å². The molecule has 1 fully saturated rings. The third-order valence-corrected chi connectivity index (χ3v) is 6.19. The average molecular weight is 390 g/mol. The molecule has 2 aliphatic heterocycles. The Kier molecular flexibility index (Phi) is 3.68. The fourth-order valence-electron chi connectivity index (χ4n) is 4.87. The summed E-state index contributed by atoms with van der Waals surface area (Å²) in [6.07, 6.45) is 5.83. The topological polar surface area (TPSA) is 85.1 Å². The third kappa shape index (κ3) is 2.31. The van der Waals surface area contributed by atoms with Crippen molar-refractivity contribution in [1.29, 1.82) is 0 Å². The van der Waals surface area contributed by atoms with Gasteiger partial charge in [-0.15, -0.1) is 0 Å². The first-order valence-corrected chi connectivity index (χ1v) is 9.63. The van der Waals surface area contributed by atoms with Crippen molar-refractivity contribution in [3.8, 4) is 0 Å². The van der Waals surface area contributed by atoms with Gasteiger partial charge in [0, 0.05) is 44.9 Å². The molecule has 2 amide bonds. The lowest BCUT2D eigenvalue weighted by molar-refractivity contribution is -0.121. The molecule has 4 heterocycles. The predicted molar refractivity (Wildman–Crippen MR) is 106 cm³/mol. The Morgan fingerprint density at radius 2 is 2.07 bits per heavy atom. The number of hydrogen-bond donors (Lipinski definition) is 1. The van der Waals surface area contributed by atoms with E-state index in [0.717, 1.165) is 11.3 Å². The van der Waals surface area contributed by atoms with Crippen LogP contribution in [0.25, 0.3) is 0 Å². The van der Waals surface area contributed by atoms with Crippen LogP contribution in [0, 0.1) is 6.92 Å². The van der Waals surface area contributed by atoms with E-state index in [1.807, 2.05) is 49.0 Å². The molecule has 2 aliphatic rings. The molecule has 1 spiro atoms. The number of hydrogen-bond acceptors (Lipinski definition) is 4. The molecular weight excluding hydrogens is 368 g/mol. The molecule has 1 saturated heterocycles. The number of nitrogens with one attached hydrogen (secondary N) is 1. The number of para-hydroxylation sites is 1. The summed E-state index contributed by atoms with van der Waals surface area (Å²) in [5.74, 6) is 0.492. The highest BCUT2D eigenvalue weighted by molar-refractivity contribution is 6.08. The zero-order valence-electron chi connectivity index (χ0n) is 16.6. The fourth-order valence-corrected chi connectivity index (χ4v) is 4.87. The molecule has 8 heteroatoms. The number of nitrogens with zero attached hydrogens (tertiary/aromatic N) is 5. The smallest absolute Gasteiger partial charge is 0.257 e. The van der Waals surface area contributed by atoms with E-state index in [-0.39, 0.29) is 11.8 Å². The van der Waals surface area contributed by atoms with Crippen molar-refractivity contribution in [3.63, 3.8) is 0 Å². The summed E-state index contributed by atoms with van der Waals surface area (Å²) in [6.45, 7) is 2.29. The van der Waals surface area contributed by atoms with Crippen LogP contribution in [0.3, 0.4) is 0 Å². The zero-order valence-corrected chi connectivity index (χ0v) is 16.6. The number of amides is 2. The highest BCUT2D eigenvalue weighted by Crippen LogP contribution is 2.54. The minimum Gasteiger partial charge on any atom is -0.336 e.